The minimum atomic E-state index is -0.528. The SMILES string of the molecule is CN1CCc2nc(NC(=O)c3cc(O)[nH]c(=O)c3)sc2C1. The molecule has 3 rings (SSSR count). The van der Waals surface area contributed by atoms with E-state index in [1.54, 1.807) is 0 Å². The Morgan fingerprint density at radius 1 is 1.52 bits per heavy atom. The fourth-order valence-corrected chi connectivity index (χ4v) is 3.29. The van der Waals surface area contributed by atoms with Gasteiger partial charge in [0, 0.05) is 36.5 Å². The van der Waals surface area contributed by atoms with Crippen LogP contribution in [0.1, 0.15) is 20.9 Å². The minimum absolute atomic E-state index is 0.0986. The average Bonchev–Trinajstić information content (AvgIpc) is 2.78. The molecule has 2 aromatic heterocycles. The van der Waals surface area contributed by atoms with E-state index < -0.39 is 11.5 Å². The molecule has 0 saturated heterocycles. The molecule has 110 valence electrons. The lowest BCUT2D eigenvalue weighted by Gasteiger charge is -2.20. The number of aromatic amines is 1. The molecule has 1 aliphatic heterocycles. The molecule has 0 atom stereocenters. The summed E-state index contributed by atoms with van der Waals surface area (Å²) in [6, 6.07) is 2.34. The monoisotopic (exact) mass is 306 g/mol. The fourth-order valence-electron chi connectivity index (χ4n) is 2.21. The van der Waals surface area contributed by atoms with Crippen molar-refractivity contribution in [2.24, 2.45) is 0 Å². The molecule has 3 N–H and O–H groups in total. The number of hydrogen-bond acceptors (Lipinski definition) is 6. The first-order chi connectivity index (χ1) is 10.0. The van der Waals surface area contributed by atoms with Gasteiger partial charge in [-0.15, -0.1) is 11.3 Å². The number of thiazole rings is 1. The first-order valence-corrected chi connectivity index (χ1v) is 7.25. The van der Waals surface area contributed by atoms with Crippen LogP contribution in [-0.4, -0.2) is 39.5 Å². The highest BCUT2D eigenvalue weighted by atomic mass is 32.1. The van der Waals surface area contributed by atoms with Crippen molar-refractivity contribution in [2.75, 3.05) is 18.9 Å². The highest BCUT2D eigenvalue weighted by molar-refractivity contribution is 7.15. The summed E-state index contributed by atoms with van der Waals surface area (Å²) in [6.45, 7) is 1.78. The first kappa shape index (κ1) is 13.8. The Kier molecular flexibility index (Phi) is 3.48. The number of hydrogen-bond donors (Lipinski definition) is 3. The summed E-state index contributed by atoms with van der Waals surface area (Å²) in [7, 11) is 2.04. The largest absolute Gasteiger partial charge is 0.494 e. The molecule has 0 unspecified atom stereocenters. The second-order valence-electron chi connectivity index (χ2n) is 4.95. The molecule has 3 heterocycles. The fraction of sp³-hybridized carbons (Fsp3) is 0.308. The molecule has 0 saturated carbocycles. The van der Waals surface area contributed by atoms with Gasteiger partial charge in [0.25, 0.3) is 11.5 Å². The van der Waals surface area contributed by atoms with E-state index in [9.17, 15) is 14.7 Å². The zero-order valence-electron chi connectivity index (χ0n) is 11.3. The standard InChI is InChI=1S/C13H14N4O3S/c1-17-3-2-8-9(6-17)21-13(14-8)16-12(20)7-4-10(18)15-11(19)5-7/h4-5H,2-3,6H2,1H3,(H,14,16,20)(H2,15,18,19). The quantitative estimate of drug-likeness (QED) is 0.761. The summed E-state index contributed by atoms with van der Waals surface area (Å²) in [5.74, 6) is -0.802. The van der Waals surface area contributed by atoms with Gasteiger partial charge in [0.1, 0.15) is 0 Å². The second kappa shape index (κ2) is 5.30. The molecular weight excluding hydrogens is 292 g/mol. The predicted molar refractivity (Wildman–Crippen MR) is 78.8 cm³/mol. The van der Waals surface area contributed by atoms with Crippen LogP contribution in [-0.2, 0) is 13.0 Å². The normalized spacial score (nSPS) is 14.7. The Morgan fingerprint density at radius 3 is 3.10 bits per heavy atom. The van der Waals surface area contributed by atoms with Gasteiger partial charge in [-0.2, -0.15) is 0 Å². The van der Waals surface area contributed by atoms with Crippen molar-refractivity contribution in [2.45, 2.75) is 13.0 Å². The predicted octanol–water partition coefficient (Wildman–Crippen LogP) is 0.777. The number of aromatic hydroxyl groups is 1. The molecule has 0 bridgehead atoms. The van der Waals surface area contributed by atoms with Crippen LogP contribution >= 0.6 is 11.3 Å². The summed E-state index contributed by atoms with van der Waals surface area (Å²) in [5.41, 5.74) is 0.587. The Labute approximate surface area is 124 Å². The van der Waals surface area contributed by atoms with Crippen LogP contribution in [0, 0.1) is 0 Å². The number of likely N-dealkylation sites (N-methyl/N-ethyl adjacent to an activating group) is 1. The zero-order valence-corrected chi connectivity index (χ0v) is 12.2. The van der Waals surface area contributed by atoms with Gasteiger partial charge in [-0.1, -0.05) is 0 Å². The first-order valence-electron chi connectivity index (χ1n) is 6.43. The highest BCUT2D eigenvalue weighted by Gasteiger charge is 2.19. The summed E-state index contributed by atoms with van der Waals surface area (Å²) < 4.78 is 0. The maximum Gasteiger partial charge on any atom is 0.257 e. The lowest BCUT2D eigenvalue weighted by atomic mass is 10.2. The number of carbonyl (C=O) groups excluding carboxylic acids is 1. The third-order valence-electron chi connectivity index (χ3n) is 3.23. The number of anilines is 1. The molecule has 21 heavy (non-hydrogen) atoms. The van der Waals surface area contributed by atoms with Gasteiger partial charge < -0.3 is 10.0 Å². The lowest BCUT2D eigenvalue weighted by Crippen LogP contribution is -2.25. The molecule has 0 aliphatic carbocycles. The third kappa shape index (κ3) is 2.96. The van der Waals surface area contributed by atoms with Crippen molar-refractivity contribution in [3.8, 4) is 5.88 Å². The molecule has 0 aromatic carbocycles. The van der Waals surface area contributed by atoms with Crippen LogP contribution < -0.4 is 10.9 Å². The molecular formula is C13H14N4O3S. The number of aromatic nitrogens is 2. The van der Waals surface area contributed by atoms with E-state index in [0.29, 0.717) is 5.13 Å². The number of carbonyl (C=O) groups is 1. The van der Waals surface area contributed by atoms with E-state index in [-0.39, 0.29) is 11.4 Å². The molecule has 0 radical (unpaired) electrons. The average molecular weight is 306 g/mol. The summed E-state index contributed by atoms with van der Waals surface area (Å²) in [5, 5.41) is 12.5. The van der Waals surface area contributed by atoms with Crippen molar-refractivity contribution < 1.29 is 9.90 Å². The van der Waals surface area contributed by atoms with Gasteiger partial charge in [-0.25, -0.2) is 4.98 Å². The molecule has 8 heteroatoms. The molecule has 7 nitrogen and oxygen atoms in total. The number of nitrogens with one attached hydrogen (secondary N) is 2. The van der Waals surface area contributed by atoms with E-state index in [4.69, 9.17) is 0 Å². The Bertz CT molecular complexity index is 752. The molecule has 0 fully saturated rings. The minimum Gasteiger partial charge on any atom is -0.494 e. The number of nitrogens with zero attached hydrogens (tertiary/aromatic N) is 2. The van der Waals surface area contributed by atoms with E-state index in [0.717, 1.165) is 36.1 Å². The Hall–Kier alpha value is -2.19. The van der Waals surface area contributed by atoms with Crippen molar-refractivity contribution in [3.63, 3.8) is 0 Å². The van der Waals surface area contributed by atoms with Crippen LogP contribution in [0.2, 0.25) is 0 Å². The lowest BCUT2D eigenvalue weighted by molar-refractivity contribution is 0.102. The maximum atomic E-state index is 12.1. The number of rotatable bonds is 2. The van der Waals surface area contributed by atoms with Gasteiger partial charge in [-0.05, 0) is 7.05 Å². The number of fused-ring (bicyclic) bond motifs is 1. The van der Waals surface area contributed by atoms with Crippen LogP contribution in [0.4, 0.5) is 5.13 Å². The van der Waals surface area contributed by atoms with Crippen molar-refractivity contribution >= 4 is 22.4 Å². The van der Waals surface area contributed by atoms with Crippen LogP contribution in [0.5, 0.6) is 5.88 Å². The molecule has 0 spiro atoms. The second-order valence-corrected chi connectivity index (χ2v) is 6.03. The third-order valence-corrected chi connectivity index (χ3v) is 4.23. The molecule has 1 amide bonds. The maximum absolute atomic E-state index is 12.1. The number of H-pyrrole nitrogens is 1. The van der Waals surface area contributed by atoms with Crippen LogP contribution in [0.25, 0.3) is 0 Å². The Morgan fingerprint density at radius 2 is 2.33 bits per heavy atom. The van der Waals surface area contributed by atoms with Crippen molar-refractivity contribution in [3.05, 3.63) is 38.6 Å². The highest BCUT2D eigenvalue weighted by Crippen LogP contribution is 2.27. The zero-order chi connectivity index (χ0) is 15.0. The summed E-state index contributed by atoms with van der Waals surface area (Å²) >= 11 is 1.44. The number of pyridine rings is 1. The van der Waals surface area contributed by atoms with Crippen molar-refractivity contribution in [1.82, 2.24) is 14.9 Å². The van der Waals surface area contributed by atoms with E-state index in [2.05, 4.69) is 20.2 Å². The smallest absolute Gasteiger partial charge is 0.257 e. The molecule has 2 aromatic rings. The van der Waals surface area contributed by atoms with Gasteiger partial charge >= 0.3 is 0 Å². The van der Waals surface area contributed by atoms with Crippen molar-refractivity contribution in [1.29, 1.82) is 0 Å². The van der Waals surface area contributed by atoms with Gasteiger partial charge in [0.05, 0.1) is 11.3 Å². The van der Waals surface area contributed by atoms with Crippen LogP contribution in [0.3, 0.4) is 0 Å². The van der Waals surface area contributed by atoms with Gasteiger partial charge in [-0.3, -0.25) is 19.9 Å². The summed E-state index contributed by atoms with van der Waals surface area (Å²) in [4.78, 5) is 33.2. The Balaban J connectivity index is 1.80. The topological polar surface area (TPSA) is 98.3 Å². The molecule has 1 aliphatic rings. The number of amides is 1. The van der Waals surface area contributed by atoms with E-state index >= 15 is 0 Å². The van der Waals surface area contributed by atoms with E-state index in [1.165, 1.54) is 17.4 Å². The van der Waals surface area contributed by atoms with Gasteiger partial charge in [0.2, 0.25) is 0 Å². The summed E-state index contributed by atoms with van der Waals surface area (Å²) in [6.07, 6.45) is 0.865. The van der Waals surface area contributed by atoms with Gasteiger partial charge in [0.15, 0.2) is 11.0 Å². The van der Waals surface area contributed by atoms with E-state index in [1.807, 2.05) is 7.05 Å². The van der Waals surface area contributed by atoms with Crippen LogP contribution in [0.15, 0.2) is 16.9 Å².